The number of ether oxygens (including phenoxy) is 1. The van der Waals surface area contributed by atoms with Crippen molar-refractivity contribution in [2.75, 3.05) is 31.6 Å². The number of carbonyl (C=O) groups excluding carboxylic acids is 1. The molecule has 8 heteroatoms. The largest absolute Gasteiger partial charge is 0.416 e. The number of benzene rings is 3. The van der Waals surface area contributed by atoms with E-state index in [4.69, 9.17) is 4.74 Å². The van der Waals surface area contributed by atoms with Crippen molar-refractivity contribution in [3.8, 4) is 0 Å². The Morgan fingerprint density at radius 3 is 2.41 bits per heavy atom. The van der Waals surface area contributed by atoms with Gasteiger partial charge in [0.15, 0.2) is 5.60 Å². The van der Waals surface area contributed by atoms with Crippen molar-refractivity contribution in [1.29, 1.82) is 0 Å². The van der Waals surface area contributed by atoms with Crippen LogP contribution in [0.5, 0.6) is 0 Å². The lowest BCUT2D eigenvalue weighted by Crippen LogP contribution is -2.40. The van der Waals surface area contributed by atoms with Crippen molar-refractivity contribution in [3.05, 3.63) is 74.9 Å². The van der Waals surface area contributed by atoms with Crippen molar-refractivity contribution >= 4 is 45.0 Å². The van der Waals surface area contributed by atoms with Gasteiger partial charge < -0.3 is 15.0 Å². The zero-order valence-electron chi connectivity index (χ0n) is 19.0. The van der Waals surface area contributed by atoms with E-state index in [1.807, 2.05) is 52.9 Å². The monoisotopic (exact) mass is 582 g/mol. The number of nitrogens with zero attached hydrogens (tertiary/aromatic N) is 1. The Labute approximate surface area is 210 Å². The normalized spacial score (nSPS) is 17.9. The number of rotatable bonds is 8. The van der Waals surface area contributed by atoms with Crippen LogP contribution in [0.2, 0.25) is 0 Å². The van der Waals surface area contributed by atoms with Crippen LogP contribution >= 0.6 is 22.6 Å². The van der Waals surface area contributed by atoms with E-state index >= 15 is 0 Å². The highest BCUT2D eigenvalue weighted by molar-refractivity contribution is 14.1. The van der Waals surface area contributed by atoms with Crippen LogP contribution in [0, 0.1) is 3.57 Å². The predicted molar refractivity (Wildman–Crippen MR) is 136 cm³/mol. The minimum absolute atomic E-state index is 0.138. The Morgan fingerprint density at radius 2 is 1.74 bits per heavy atom. The maximum Gasteiger partial charge on any atom is 0.416 e. The maximum absolute atomic E-state index is 14.2. The van der Waals surface area contributed by atoms with E-state index in [1.165, 1.54) is 0 Å². The molecule has 0 bridgehead atoms. The average molecular weight is 582 g/mol. The molecule has 1 aliphatic heterocycles. The fourth-order valence-electron chi connectivity index (χ4n) is 4.59. The molecule has 180 valence electrons. The summed E-state index contributed by atoms with van der Waals surface area (Å²) < 4.78 is 49.4. The number of fused-ring (bicyclic) bond motifs is 2. The summed E-state index contributed by atoms with van der Waals surface area (Å²) in [5.41, 5.74) is -2.39. The lowest BCUT2D eigenvalue weighted by Gasteiger charge is -2.31. The highest BCUT2D eigenvalue weighted by Crippen LogP contribution is 2.50. The van der Waals surface area contributed by atoms with Crippen LogP contribution in [0.4, 0.5) is 18.9 Å². The maximum atomic E-state index is 14.2. The van der Waals surface area contributed by atoms with Gasteiger partial charge >= 0.3 is 6.18 Å². The van der Waals surface area contributed by atoms with Gasteiger partial charge in [0.05, 0.1) is 12.2 Å². The number of halogens is 4. The van der Waals surface area contributed by atoms with Crippen molar-refractivity contribution in [3.63, 3.8) is 0 Å². The van der Waals surface area contributed by atoms with Gasteiger partial charge in [-0.25, -0.2) is 0 Å². The standard InChI is InChI=1S/C26H26F3IN2O2/c1-3-32(4-2)12-7-13-34-25(19-11-10-17-8-5-6-9-18(17)14-19)23-21(26(27,28)29)15-20(30)16-22(23)31-24(25)33/h5-6,8-11,14-16H,3-4,7,12-13H2,1-2H3,(H,31,33). The van der Waals surface area contributed by atoms with Gasteiger partial charge in [-0.3, -0.25) is 4.79 Å². The van der Waals surface area contributed by atoms with E-state index in [9.17, 15) is 18.0 Å². The molecular formula is C26H26F3IN2O2. The minimum atomic E-state index is -4.65. The van der Waals surface area contributed by atoms with Crippen LogP contribution in [0.3, 0.4) is 0 Å². The van der Waals surface area contributed by atoms with Gasteiger partial charge in [0.2, 0.25) is 0 Å². The summed E-state index contributed by atoms with van der Waals surface area (Å²) in [5.74, 6) is -0.604. The highest BCUT2D eigenvalue weighted by Gasteiger charge is 2.54. The lowest BCUT2D eigenvalue weighted by molar-refractivity contribution is -0.144. The number of hydrogen-bond acceptors (Lipinski definition) is 3. The molecule has 0 radical (unpaired) electrons. The first kappa shape index (κ1) is 24.9. The Hall–Kier alpha value is -2.17. The van der Waals surface area contributed by atoms with Crippen LogP contribution in [0.15, 0.2) is 54.6 Å². The smallest absolute Gasteiger partial charge is 0.356 e. The van der Waals surface area contributed by atoms with Gasteiger partial charge in [-0.2, -0.15) is 13.2 Å². The SMILES string of the molecule is CCN(CC)CCCOC1(c2ccc3ccccc3c2)C(=O)Nc2cc(I)cc(C(F)(F)F)c21. The van der Waals surface area contributed by atoms with E-state index in [1.54, 1.807) is 18.2 Å². The molecule has 3 aromatic rings. The second kappa shape index (κ2) is 9.83. The second-order valence-electron chi connectivity index (χ2n) is 8.30. The number of anilines is 1. The average Bonchev–Trinajstić information content (AvgIpc) is 3.09. The number of carbonyl (C=O) groups is 1. The molecule has 0 saturated carbocycles. The van der Waals surface area contributed by atoms with Gasteiger partial charge in [-0.05, 0) is 76.6 Å². The summed E-state index contributed by atoms with van der Waals surface area (Å²) >= 11 is 1.84. The molecule has 1 heterocycles. The molecule has 1 aliphatic rings. The van der Waals surface area contributed by atoms with Crippen LogP contribution in [-0.2, 0) is 21.3 Å². The quantitative estimate of drug-likeness (QED) is 0.247. The lowest BCUT2D eigenvalue weighted by atomic mass is 9.83. The molecule has 3 aromatic carbocycles. The first-order valence-corrected chi connectivity index (χ1v) is 12.4. The Kier molecular flexibility index (Phi) is 7.21. The molecule has 0 aromatic heterocycles. The van der Waals surface area contributed by atoms with Gasteiger partial charge in [-0.15, -0.1) is 0 Å². The van der Waals surface area contributed by atoms with E-state index in [0.717, 1.165) is 36.5 Å². The molecule has 1 atom stereocenters. The number of hydrogen-bond donors (Lipinski definition) is 1. The topological polar surface area (TPSA) is 41.6 Å². The molecule has 4 nitrogen and oxygen atoms in total. The van der Waals surface area contributed by atoms with Crippen molar-refractivity contribution < 1.29 is 22.7 Å². The summed E-state index contributed by atoms with van der Waals surface area (Å²) in [6.45, 7) is 6.71. The summed E-state index contributed by atoms with van der Waals surface area (Å²) in [5, 5.41) is 4.44. The molecule has 0 aliphatic carbocycles. The van der Waals surface area contributed by atoms with E-state index in [0.29, 0.717) is 15.6 Å². The third kappa shape index (κ3) is 4.55. The first-order chi connectivity index (χ1) is 16.2. The number of amides is 1. The summed E-state index contributed by atoms with van der Waals surface area (Å²) in [6, 6.07) is 15.4. The van der Waals surface area contributed by atoms with E-state index in [2.05, 4.69) is 24.1 Å². The molecular weight excluding hydrogens is 556 g/mol. The van der Waals surface area contributed by atoms with Gasteiger partial charge in [0.1, 0.15) is 0 Å². The van der Waals surface area contributed by atoms with E-state index < -0.39 is 23.2 Å². The summed E-state index contributed by atoms with van der Waals surface area (Å²) in [4.78, 5) is 15.7. The Morgan fingerprint density at radius 1 is 1.03 bits per heavy atom. The first-order valence-electron chi connectivity index (χ1n) is 11.3. The summed E-state index contributed by atoms with van der Waals surface area (Å²) in [7, 11) is 0. The van der Waals surface area contributed by atoms with Crippen LogP contribution in [0.25, 0.3) is 10.8 Å². The molecule has 0 spiro atoms. The summed E-state index contributed by atoms with van der Waals surface area (Å²) in [6.07, 6.45) is -4.06. The zero-order valence-corrected chi connectivity index (χ0v) is 21.2. The fourth-order valence-corrected chi connectivity index (χ4v) is 5.21. The predicted octanol–water partition coefficient (Wildman–Crippen LogP) is 6.41. The number of nitrogens with one attached hydrogen (secondary N) is 1. The molecule has 34 heavy (non-hydrogen) atoms. The Balaban J connectivity index is 1.86. The molecule has 4 rings (SSSR count). The van der Waals surface area contributed by atoms with Crippen LogP contribution in [-0.4, -0.2) is 37.0 Å². The minimum Gasteiger partial charge on any atom is -0.356 e. The Bertz CT molecular complexity index is 1210. The number of alkyl halides is 3. The molecule has 1 unspecified atom stereocenters. The fraction of sp³-hybridized carbons (Fsp3) is 0.346. The van der Waals surface area contributed by atoms with Gasteiger partial charge in [0, 0.05) is 21.4 Å². The van der Waals surface area contributed by atoms with Crippen molar-refractivity contribution in [2.24, 2.45) is 0 Å². The van der Waals surface area contributed by atoms with Crippen molar-refractivity contribution in [1.82, 2.24) is 4.90 Å². The van der Waals surface area contributed by atoms with E-state index in [-0.39, 0.29) is 17.9 Å². The second-order valence-corrected chi connectivity index (χ2v) is 9.55. The van der Waals surface area contributed by atoms with Gasteiger partial charge in [0.25, 0.3) is 5.91 Å². The zero-order chi connectivity index (χ0) is 24.5. The molecule has 0 fully saturated rings. The van der Waals surface area contributed by atoms with Gasteiger partial charge in [-0.1, -0.05) is 50.2 Å². The van der Waals surface area contributed by atoms with Crippen LogP contribution in [0.1, 0.15) is 37.0 Å². The third-order valence-corrected chi connectivity index (χ3v) is 6.94. The molecule has 0 saturated heterocycles. The van der Waals surface area contributed by atoms with Crippen LogP contribution < -0.4 is 5.32 Å². The molecule has 1 N–H and O–H groups in total. The van der Waals surface area contributed by atoms with Crippen molar-refractivity contribution in [2.45, 2.75) is 32.0 Å². The molecule has 1 amide bonds. The highest BCUT2D eigenvalue weighted by atomic mass is 127. The third-order valence-electron chi connectivity index (χ3n) is 6.32.